The molecule has 19 heavy (non-hydrogen) atoms. The number of nitrogens with one attached hydrogen (secondary N) is 1. The Labute approximate surface area is 117 Å². The lowest BCUT2D eigenvalue weighted by atomic mass is 10.1. The molecule has 1 rings (SSSR count). The van der Waals surface area contributed by atoms with Gasteiger partial charge in [-0.25, -0.2) is 13.1 Å². The highest BCUT2D eigenvalue weighted by atomic mass is 32.2. The van der Waals surface area contributed by atoms with Crippen LogP contribution < -0.4 is 10.5 Å². The highest BCUT2D eigenvalue weighted by Gasteiger charge is 2.23. The first-order valence-corrected chi connectivity index (χ1v) is 9.04. The minimum absolute atomic E-state index is 0.209. The molecule has 0 bridgehead atoms. The topological polar surface area (TPSA) is 89.3 Å². The number of anilines is 1. The Balaban J connectivity index is 3.15. The van der Waals surface area contributed by atoms with E-state index in [1.165, 1.54) is 0 Å². The molecular weight excluding hydrogens is 284 g/mol. The molecular formula is C12H20N2O3S2. The molecule has 0 radical (unpaired) electrons. The third-order valence-electron chi connectivity index (χ3n) is 2.75. The van der Waals surface area contributed by atoms with Crippen molar-refractivity contribution < 1.29 is 12.6 Å². The van der Waals surface area contributed by atoms with E-state index in [4.69, 9.17) is 5.73 Å². The Morgan fingerprint density at radius 1 is 1.37 bits per heavy atom. The van der Waals surface area contributed by atoms with Gasteiger partial charge in [-0.05, 0) is 38.0 Å². The molecule has 0 fully saturated rings. The highest BCUT2D eigenvalue weighted by Crippen LogP contribution is 2.24. The zero-order valence-electron chi connectivity index (χ0n) is 11.6. The van der Waals surface area contributed by atoms with Gasteiger partial charge in [0.15, 0.2) is 0 Å². The van der Waals surface area contributed by atoms with Gasteiger partial charge in [0.25, 0.3) is 0 Å². The molecule has 7 heteroatoms. The summed E-state index contributed by atoms with van der Waals surface area (Å²) >= 11 is 0. The molecule has 3 N–H and O–H groups in total. The predicted octanol–water partition coefficient (Wildman–Crippen LogP) is 0.931. The Morgan fingerprint density at radius 2 is 1.95 bits per heavy atom. The fourth-order valence-corrected chi connectivity index (χ4v) is 4.60. The molecule has 2 atom stereocenters. The molecule has 0 spiro atoms. The zero-order chi connectivity index (χ0) is 14.8. The largest absolute Gasteiger partial charge is 0.398 e. The van der Waals surface area contributed by atoms with Crippen molar-refractivity contribution in [1.29, 1.82) is 0 Å². The fraction of sp³-hybridized carbons (Fsp3) is 0.500. The average Bonchev–Trinajstić information content (AvgIpc) is 2.21. The van der Waals surface area contributed by atoms with Gasteiger partial charge in [-0.15, -0.1) is 0 Å². The standard InChI is InChI=1S/C12H20N2O3S2/c1-8-5-6-11(13)10(3)12(8)19(16,17)14-9(2)7-18(4)15/h5-6,9,14H,7,13H2,1-4H3. The van der Waals surface area contributed by atoms with Crippen LogP contribution in [0.25, 0.3) is 0 Å². The summed E-state index contributed by atoms with van der Waals surface area (Å²) < 4.78 is 38.4. The van der Waals surface area contributed by atoms with E-state index in [0.717, 1.165) is 0 Å². The third-order valence-corrected chi connectivity index (χ3v) is 5.60. The Hall–Kier alpha value is -0.920. The molecule has 0 aliphatic rings. The number of benzene rings is 1. The normalized spacial score (nSPS) is 15.2. The van der Waals surface area contributed by atoms with Crippen molar-refractivity contribution in [2.24, 2.45) is 0 Å². The van der Waals surface area contributed by atoms with E-state index in [1.807, 2.05) is 0 Å². The van der Waals surface area contributed by atoms with Gasteiger partial charge < -0.3 is 5.73 Å². The van der Waals surface area contributed by atoms with Crippen LogP contribution in [-0.4, -0.2) is 30.7 Å². The molecule has 0 amide bonds. The van der Waals surface area contributed by atoms with E-state index in [0.29, 0.717) is 16.8 Å². The summed E-state index contributed by atoms with van der Waals surface area (Å²) in [5, 5.41) is 0. The summed E-state index contributed by atoms with van der Waals surface area (Å²) in [6, 6.07) is 2.98. The molecule has 2 unspecified atom stereocenters. The lowest BCUT2D eigenvalue weighted by Crippen LogP contribution is -2.36. The van der Waals surface area contributed by atoms with Gasteiger partial charge in [0.2, 0.25) is 10.0 Å². The van der Waals surface area contributed by atoms with E-state index in [9.17, 15) is 12.6 Å². The van der Waals surface area contributed by atoms with Crippen LogP contribution in [0.4, 0.5) is 5.69 Å². The maximum atomic E-state index is 12.4. The molecule has 5 nitrogen and oxygen atoms in total. The van der Waals surface area contributed by atoms with Gasteiger partial charge >= 0.3 is 0 Å². The van der Waals surface area contributed by atoms with Gasteiger partial charge in [-0.2, -0.15) is 0 Å². The van der Waals surface area contributed by atoms with Crippen molar-refractivity contribution in [3.8, 4) is 0 Å². The summed E-state index contributed by atoms with van der Waals surface area (Å²) in [5.74, 6) is 0.277. The molecule has 0 aromatic heterocycles. The Morgan fingerprint density at radius 3 is 2.47 bits per heavy atom. The minimum Gasteiger partial charge on any atom is -0.398 e. The quantitative estimate of drug-likeness (QED) is 0.792. The first-order chi connectivity index (χ1) is 8.65. The third kappa shape index (κ3) is 4.02. The number of rotatable bonds is 5. The summed E-state index contributed by atoms with van der Waals surface area (Å²) in [6.45, 7) is 5.10. The molecule has 0 heterocycles. The van der Waals surface area contributed by atoms with Crippen LogP contribution >= 0.6 is 0 Å². The SMILES string of the molecule is Cc1ccc(N)c(C)c1S(=O)(=O)NC(C)CS(C)=O. The second-order valence-electron chi connectivity index (χ2n) is 4.69. The maximum Gasteiger partial charge on any atom is 0.241 e. The first-order valence-electron chi connectivity index (χ1n) is 5.83. The number of nitrogens with two attached hydrogens (primary N) is 1. The van der Waals surface area contributed by atoms with Crippen molar-refractivity contribution in [3.05, 3.63) is 23.3 Å². The highest BCUT2D eigenvalue weighted by molar-refractivity contribution is 7.89. The van der Waals surface area contributed by atoms with Crippen LogP contribution in [0.2, 0.25) is 0 Å². The summed E-state index contributed by atoms with van der Waals surface area (Å²) in [4.78, 5) is 0.209. The van der Waals surface area contributed by atoms with Crippen LogP contribution in [0.5, 0.6) is 0 Å². The lowest BCUT2D eigenvalue weighted by molar-refractivity contribution is 0.569. The number of hydrogen-bond acceptors (Lipinski definition) is 4. The summed E-state index contributed by atoms with van der Waals surface area (Å²) in [6.07, 6.45) is 1.54. The zero-order valence-corrected chi connectivity index (χ0v) is 13.2. The fourth-order valence-electron chi connectivity index (χ4n) is 1.97. The summed E-state index contributed by atoms with van der Waals surface area (Å²) in [7, 11) is -4.71. The maximum absolute atomic E-state index is 12.4. The second kappa shape index (κ2) is 6.02. The van der Waals surface area contributed by atoms with Gasteiger partial charge in [-0.1, -0.05) is 6.07 Å². The van der Waals surface area contributed by atoms with Crippen molar-refractivity contribution in [2.45, 2.75) is 31.7 Å². The van der Waals surface area contributed by atoms with Crippen molar-refractivity contribution in [1.82, 2.24) is 4.72 Å². The molecule has 0 saturated heterocycles. The van der Waals surface area contributed by atoms with Crippen LogP contribution in [-0.2, 0) is 20.8 Å². The van der Waals surface area contributed by atoms with Gasteiger partial charge in [0, 0.05) is 34.5 Å². The second-order valence-corrected chi connectivity index (χ2v) is 7.82. The number of hydrogen-bond donors (Lipinski definition) is 2. The Kier molecular flexibility index (Phi) is 5.11. The first kappa shape index (κ1) is 16.1. The predicted molar refractivity (Wildman–Crippen MR) is 79.0 cm³/mol. The molecule has 1 aromatic carbocycles. The van der Waals surface area contributed by atoms with Gasteiger partial charge in [0.05, 0.1) is 4.90 Å². The van der Waals surface area contributed by atoms with Crippen LogP contribution in [0.1, 0.15) is 18.1 Å². The minimum atomic E-state index is -3.65. The lowest BCUT2D eigenvalue weighted by Gasteiger charge is -2.17. The van der Waals surface area contributed by atoms with E-state index in [2.05, 4.69) is 4.72 Å². The smallest absolute Gasteiger partial charge is 0.241 e. The van der Waals surface area contributed by atoms with E-state index >= 15 is 0 Å². The number of sulfonamides is 1. The monoisotopic (exact) mass is 304 g/mol. The van der Waals surface area contributed by atoms with Gasteiger partial charge in [-0.3, -0.25) is 4.21 Å². The average molecular weight is 304 g/mol. The van der Waals surface area contributed by atoms with Gasteiger partial charge in [0.1, 0.15) is 0 Å². The van der Waals surface area contributed by atoms with E-state index in [-0.39, 0.29) is 10.6 Å². The summed E-state index contributed by atoms with van der Waals surface area (Å²) in [5.41, 5.74) is 7.38. The number of aryl methyl sites for hydroxylation is 1. The van der Waals surface area contributed by atoms with Crippen LogP contribution in [0, 0.1) is 13.8 Å². The molecule has 0 aliphatic heterocycles. The van der Waals surface area contributed by atoms with Crippen molar-refractivity contribution in [3.63, 3.8) is 0 Å². The van der Waals surface area contributed by atoms with E-state index in [1.54, 1.807) is 39.2 Å². The van der Waals surface area contributed by atoms with Crippen molar-refractivity contribution >= 4 is 26.5 Å². The Bertz CT molecular complexity index is 597. The molecule has 0 saturated carbocycles. The van der Waals surface area contributed by atoms with Crippen LogP contribution in [0.3, 0.4) is 0 Å². The van der Waals surface area contributed by atoms with Crippen molar-refractivity contribution in [2.75, 3.05) is 17.7 Å². The van der Waals surface area contributed by atoms with Crippen LogP contribution in [0.15, 0.2) is 17.0 Å². The molecule has 1 aromatic rings. The molecule has 0 aliphatic carbocycles. The molecule has 108 valence electrons. The number of nitrogen functional groups attached to an aromatic ring is 1. The van der Waals surface area contributed by atoms with E-state index < -0.39 is 26.9 Å².